The maximum Gasteiger partial charge on any atom is 0.125 e. The number of anilines is 2. The zero-order valence-corrected chi connectivity index (χ0v) is 14.8. The molecule has 3 aromatic heterocycles. The summed E-state index contributed by atoms with van der Waals surface area (Å²) in [6.07, 6.45) is 4.61. The molecule has 0 atom stereocenters. The molecule has 0 spiro atoms. The number of hydrogen-bond donors (Lipinski definition) is 2. The van der Waals surface area contributed by atoms with Gasteiger partial charge in [0.05, 0.1) is 21.4 Å². The van der Waals surface area contributed by atoms with Gasteiger partial charge in [-0.05, 0) is 61.6 Å². The van der Waals surface area contributed by atoms with Crippen LogP contribution < -0.4 is 10.6 Å². The topological polar surface area (TPSA) is 49.8 Å². The van der Waals surface area contributed by atoms with Gasteiger partial charge >= 0.3 is 0 Å². The molecule has 0 aliphatic carbocycles. The summed E-state index contributed by atoms with van der Waals surface area (Å²) in [6.45, 7) is 2.50. The van der Waals surface area contributed by atoms with Gasteiger partial charge in [-0.25, -0.2) is 9.97 Å². The first-order chi connectivity index (χ1) is 11.9. The summed E-state index contributed by atoms with van der Waals surface area (Å²) in [4.78, 5) is 9.75. The standard InChI is InChI=1S/C14H9N3S2.C4H9N/c1-2-13-12(16-8-19-13)7-9(1)17-11-3-5-15-14-10(11)4-6-18-14;1-2-4-5-3-1/h1-8H,(H,15,17);5H,1-4H2. The monoisotopic (exact) mass is 354 g/mol. The van der Waals surface area contributed by atoms with Crippen LogP contribution in [-0.4, -0.2) is 23.1 Å². The minimum absolute atomic E-state index is 1.03. The van der Waals surface area contributed by atoms with Crippen molar-refractivity contribution in [1.29, 1.82) is 0 Å². The van der Waals surface area contributed by atoms with E-state index in [2.05, 4.69) is 50.2 Å². The molecule has 1 saturated heterocycles. The number of fused-ring (bicyclic) bond motifs is 2. The Morgan fingerprint density at radius 1 is 1.00 bits per heavy atom. The van der Waals surface area contributed by atoms with Gasteiger partial charge in [-0.3, -0.25) is 0 Å². The Hall–Kier alpha value is -2.02. The van der Waals surface area contributed by atoms with E-state index in [0.717, 1.165) is 27.1 Å². The van der Waals surface area contributed by atoms with E-state index < -0.39 is 0 Å². The molecule has 1 fully saturated rings. The number of benzene rings is 1. The summed E-state index contributed by atoms with van der Waals surface area (Å²) in [6, 6.07) is 10.3. The van der Waals surface area contributed by atoms with E-state index in [1.54, 1.807) is 22.7 Å². The quantitative estimate of drug-likeness (QED) is 0.531. The van der Waals surface area contributed by atoms with Gasteiger partial charge in [0.25, 0.3) is 0 Å². The van der Waals surface area contributed by atoms with Crippen LogP contribution in [-0.2, 0) is 0 Å². The summed E-state index contributed by atoms with van der Waals surface area (Å²) in [5, 5.41) is 9.89. The van der Waals surface area contributed by atoms with E-state index in [1.165, 1.54) is 30.6 Å². The summed E-state index contributed by atoms with van der Waals surface area (Å²) >= 11 is 3.31. The Kier molecular flexibility index (Phi) is 4.69. The molecular weight excluding hydrogens is 336 g/mol. The Balaban J connectivity index is 0.000000252. The van der Waals surface area contributed by atoms with Crippen LogP contribution >= 0.6 is 22.7 Å². The first-order valence-corrected chi connectivity index (χ1v) is 9.79. The lowest BCUT2D eigenvalue weighted by atomic mass is 10.2. The van der Waals surface area contributed by atoms with E-state index in [1.807, 2.05) is 17.8 Å². The van der Waals surface area contributed by atoms with Crippen molar-refractivity contribution in [3.63, 3.8) is 0 Å². The molecule has 0 radical (unpaired) electrons. The summed E-state index contributed by atoms with van der Waals surface area (Å²) in [5.74, 6) is 0. The Morgan fingerprint density at radius 3 is 2.75 bits per heavy atom. The molecule has 1 aliphatic rings. The number of pyridine rings is 1. The zero-order chi connectivity index (χ0) is 16.2. The van der Waals surface area contributed by atoms with Gasteiger partial charge in [0.1, 0.15) is 4.83 Å². The van der Waals surface area contributed by atoms with Gasteiger partial charge in [0.2, 0.25) is 0 Å². The van der Waals surface area contributed by atoms with E-state index in [0.29, 0.717) is 0 Å². The Labute approximate surface area is 148 Å². The van der Waals surface area contributed by atoms with Crippen LogP contribution in [0.15, 0.2) is 47.4 Å². The molecule has 4 aromatic rings. The lowest BCUT2D eigenvalue weighted by Gasteiger charge is -2.07. The maximum atomic E-state index is 4.35. The highest BCUT2D eigenvalue weighted by Gasteiger charge is 2.04. The Morgan fingerprint density at radius 2 is 1.92 bits per heavy atom. The molecular formula is C18H18N4S2. The third kappa shape index (κ3) is 3.40. The van der Waals surface area contributed by atoms with Crippen LogP contribution in [0, 0.1) is 0 Å². The number of nitrogens with zero attached hydrogens (tertiary/aromatic N) is 2. The lowest BCUT2D eigenvalue weighted by molar-refractivity contribution is 0.857. The van der Waals surface area contributed by atoms with E-state index in [4.69, 9.17) is 0 Å². The van der Waals surface area contributed by atoms with Crippen molar-refractivity contribution in [2.45, 2.75) is 12.8 Å². The maximum absolute atomic E-state index is 4.35. The lowest BCUT2D eigenvalue weighted by Crippen LogP contribution is -2.03. The average Bonchev–Trinajstić information content (AvgIpc) is 3.36. The molecule has 0 amide bonds. The molecule has 24 heavy (non-hydrogen) atoms. The van der Waals surface area contributed by atoms with Crippen molar-refractivity contribution >= 4 is 54.5 Å². The first kappa shape index (κ1) is 15.5. The highest BCUT2D eigenvalue weighted by molar-refractivity contribution is 7.17. The minimum atomic E-state index is 1.03. The average molecular weight is 355 g/mol. The highest BCUT2D eigenvalue weighted by Crippen LogP contribution is 2.29. The van der Waals surface area contributed by atoms with Gasteiger partial charge in [0.15, 0.2) is 0 Å². The fourth-order valence-electron chi connectivity index (χ4n) is 2.70. The number of nitrogens with one attached hydrogen (secondary N) is 2. The Bertz CT molecular complexity index is 933. The van der Waals surface area contributed by atoms with Gasteiger partial charge in [0, 0.05) is 17.3 Å². The number of rotatable bonds is 2. The van der Waals surface area contributed by atoms with Crippen LogP contribution in [0.2, 0.25) is 0 Å². The van der Waals surface area contributed by atoms with E-state index >= 15 is 0 Å². The van der Waals surface area contributed by atoms with E-state index in [-0.39, 0.29) is 0 Å². The molecule has 122 valence electrons. The third-order valence-electron chi connectivity index (χ3n) is 3.93. The van der Waals surface area contributed by atoms with Crippen molar-refractivity contribution in [2.24, 2.45) is 0 Å². The van der Waals surface area contributed by atoms with Gasteiger partial charge in [-0.1, -0.05) is 0 Å². The summed E-state index contributed by atoms with van der Waals surface area (Å²) < 4.78 is 1.21. The molecule has 4 nitrogen and oxygen atoms in total. The fraction of sp³-hybridized carbons (Fsp3) is 0.222. The van der Waals surface area contributed by atoms with Crippen LogP contribution in [0.25, 0.3) is 20.4 Å². The molecule has 0 unspecified atom stereocenters. The van der Waals surface area contributed by atoms with Crippen LogP contribution in [0.5, 0.6) is 0 Å². The second-order valence-corrected chi connectivity index (χ2v) is 7.40. The summed E-state index contributed by atoms with van der Waals surface area (Å²) in [5.41, 5.74) is 5.04. The second kappa shape index (κ2) is 7.25. The van der Waals surface area contributed by atoms with Crippen molar-refractivity contribution in [2.75, 3.05) is 18.4 Å². The molecule has 6 heteroatoms. The number of thiazole rings is 1. The van der Waals surface area contributed by atoms with Crippen molar-refractivity contribution in [3.8, 4) is 0 Å². The van der Waals surface area contributed by atoms with Gasteiger partial charge in [-0.2, -0.15) is 0 Å². The normalized spacial score (nSPS) is 13.8. The van der Waals surface area contributed by atoms with Gasteiger partial charge < -0.3 is 10.6 Å². The van der Waals surface area contributed by atoms with Crippen molar-refractivity contribution in [3.05, 3.63) is 47.4 Å². The number of thiophene rings is 1. The fourth-order valence-corrected chi connectivity index (χ4v) is 4.12. The highest BCUT2D eigenvalue weighted by atomic mass is 32.1. The first-order valence-electron chi connectivity index (χ1n) is 8.03. The van der Waals surface area contributed by atoms with Crippen molar-refractivity contribution < 1.29 is 0 Å². The smallest absolute Gasteiger partial charge is 0.125 e. The molecule has 0 saturated carbocycles. The molecule has 1 aliphatic heterocycles. The zero-order valence-electron chi connectivity index (χ0n) is 13.2. The summed E-state index contributed by atoms with van der Waals surface area (Å²) in [7, 11) is 0. The molecule has 0 bridgehead atoms. The number of aromatic nitrogens is 2. The molecule has 5 rings (SSSR count). The third-order valence-corrected chi connectivity index (χ3v) is 5.57. The molecule has 4 heterocycles. The molecule has 2 N–H and O–H groups in total. The van der Waals surface area contributed by atoms with Crippen molar-refractivity contribution in [1.82, 2.24) is 15.3 Å². The largest absolute Gasteiger partial charge is 0.355 e. The predicted molar refractivity (Wildman–Crippen MR) is 105 cm³/mol. The molecule has 1 aromatic carbocycles. The van der Waals surface area contributed by atoms with Crippen LogP contribution in [0.4, 0.5) is 11.4 Å². The predicted octanol–water partition coefficient (Wildman–Crippen LogP) is 5.02. The number of hydrogen-bond acceptors (Lipinski definition) is 6. The second-order valence-electron chi connectivity index (χ2n) is 5.61. The van der Waals surface area contributed by atoms with Crippen LogP contribution in [0.1, 0.15) is 12.8 Å². The van der Waals surface area contributed by atoms with Gasteiger partial charge in [-0.15, -0.1) is 22.7 Å². The SMILES string of the molecule is C1CCNC1.c1cc(Nc2ccc3scnc3c2)c2ccsc2n1. The van der Waals surface area contributed by atoms with Crippen LogP contribution in [0.3, 0.4) is 0 Å². The minimum Gasteiger partial charge on any atom is -0.355 e. The van der Waals surface area contributed by atoms with E-state index in [9.17, 15) is 0 Å².